The van der Waals surface area contributed by atoms with Gasteiger partial charge in [-0.1, -0.05) is 48.5 Å². The number of nitrogens with one attached hydrogen (secondary N) is 3. The van der Waals surface area contributed by atoms with Crippen molar-refractivity contribution in [1.29, 1.82) is 0 Å². The Morgan fingerprint density at radius 3 is 2.27 bits per heavy atom. The summed E-state index contributed by atoms with van der Waals surface area (Å²) in [5.41, 5.74) is 6.60. The van der Waals surface area contributed by atoms with E-state index in [1.807, 2.05) is 30.3 Å². The van der Waals surface area contributed by atoms with Crippen LogP contribution >= 0.6 is 12.2 Å². The summed E-state index contributed by atoms with van der Waals surface area (Å²) in [6.07, 6.45) is 0. The molecule has 3 aromatic rings. The van der Waals surface area contributed by atoms with E-state index in [1.54, 1.807) is 30.3 Å². The van der Waals surface area contributed by atoms with Crippen molar-refractivity contribution in [3.8, 4) is 5.75 Å². The van der Waals surface area contributed by atoms with Gasteiger partial charge in [-0.3, -0.25) is 25.8 Å². The fourth-order valence-electron chi connectivity index (χ4n) is 2.81. The fourth-order valence-corrected chi connectivity index (χ4v) is 2.95. The Hall–Kier alpha value is -4.24. The summed E-state index contributed by atoms with van der Waals surface area (Å²) in [5, 5.41) is 2.31. The molecular weight excluding hydrogens is 442 g/mol. The zero-order chi connectivity index (χ0) is 23.6. The van der Waals surface area contributed by atoms with E-state index < -0.39 is 17.8 Å². The molecule has 9 heteroatoms. The SMILES string of the molecule is COC(=O)c1cccc(C(=O)NC(=S)NNC(=O)c2ccccc2OCc2ccccc2)c1. The average molecular weight is 464 g/mol. The normalized spacial score (nSPS) is 9.97. The fraction of sp³-hybridized carbons (Fsp3) is 0.0833. The Morgan fingerprint density at radius 2 is 1.52 bits per heavy atom. The number of hydrogen-bond donors (Lipinski definition) is 3. The Morgan fingerprint density at radius 1 is 0.818 bits per heavy atom. The lowest BCUT2D eigenvalue weighted by Crippen LogP contribution is -2.48. The van der Waals surface area contributed by atoms with Crippen molar-refractivity contribution < 1.29 is 23.9 Å². The number of methoxy groups -OCH3 is 1. The van der Waals surface area contributed by atoms with Gasteiger partial charge in [-0.25, -0.2) is 4.79 Å². The first kappa shape index (κ1) is 23.4. The van der Waals surface area contributed by atoms with Crippen molar-refractivity contribution >= 4 is 35.1 Å². The molecule has 0 spiro atoms. The lowest BCUT2D eigenvalue weighted by atomic mass is 10.1. The van der Waals surface area contributed by atoms with E-state index >= 15 is 0 Å². The van der Waals surface area contributed by atoms with Gasteiger partial charge in [0.25, 0.3) is 11.8 Å². The van der Waals surface area contributed by atoms with Gasteiger partial charge in [-0.15, -0.1) is 0 Å². The van der Waals surface area contributed by atoms with Crippen molar-refractivity contribution in [2.24, 2.45) is 0 Å². The molecule has 0 saturated carbocycles. The van der Waals surface area contributed by atoms with Gasteiger partial charge in [0.05, 0.1) is 18.2 Å². The number of rotatable bonds is 6. The third kappa shape index (κ3) is 6.62. The second-order valence-corrected chi connectivity index (χ2v) is 7.11. The molecular formula is C24H21N3O5S. The van der Waals surface area contributed by atoms with Gasteiger partial charge < -0.3 is 9.47 Å². The molecule has 0 saturated heterocycles. The van der Waals surface area contributed by atoms with E-state index in [4.69, 9.17) is 17.0 Å². The average Bonchev–Trinajstić information content (AvgIpc) is 2.86. The molecule has 0 fully saturated rings. The molecule has 0 unspecified atom stereocenters. The number of carbonyl (C=O) groups is 3. The van der Waals surface area contributed by atoms with Crippen LogP contribution in [0.25, 0.3) is 0 Å². The molecule has 0 bridgehead atoms. The molecule has 0 aromatic heterocycles. The molecule has 0 heterocycles. The molecule has 0 radical (unpaired) electrons. The smallest absolute Gasteiger partial charge is 0.337 e. The summed E-state index contributed by atoms with van der Waals surface area (Å²) in [6.45, 7) is 0.303. The second-order valence-electron chi connectivity index (χ2n) is 6.71. The lowest BCUT2D eigenvalue weighted by Gasteiger charge is -2.14. The third-order valence-corrected chi connectivity index (χ3v) is 4.64. The largest absolute Gasteiger partial charge is 0.488 e. The maximum absolute atomic E-state index is 12.6. The van der Waals surface area contributed by atoms with Crippen LogP contribution in [-0.2, 0) is 11.3 Å². The first-order valence-corrected chi connectivity index (χ1v) is 10.2. The van der Waals surface area contributed by atoms with E-state index in [0.29, 0.717) is 17.9 Å². The molecule has 2 amide bonds. The van der Waals surface area contributed by atoms with Gasteiger partial charge in [0.1, 0.15) is 12.4 Å². The Bertz CT molecular complexity index is 1170. The number of benzene rings is 3. The Labute approximate surface area is 195 Å². The molecule has 33 heavy (non-hydrogen) atoms. The van der Waals surface area contributed by atoms with Crippen LogP contribution in [0.5, 0.6) is 5.75 Å². The molecule has 0 aliphatic heterocycles. The molecule has 8 nitrogen and oxygen atoms in total. The maximum atomic E-state index is 12.6. The number of hydrazine groups is 1. The molecule has 3 aromatic carbocycles. The van der Waals surface area contributed by atoms with Crippen molar-refractivity contribution in [2.45, 2.75) is 6.61 Å². The van der Waals surface area contributed by atoms with Crippen LogP contribution < -0.4 is 20.9 Å². The third-order valence-electron chi connectivity index (χ3n) is 4.43. The predicted octanol–water partition coefficient (Wildman–Crippen LogP) is 3.00. The van der Waals surface area contributed by atoms with Gasteiger partial charge in [0, 0.05) is 5.56 Å². The molecule has 3 rings (SSSR count). The van der Waals surface area contributed by atoms with Gasteiger partial charge >= 0.3 is 5.97 Å². The number of esters is 1. The molecule has 3 N–H and O–H groups in total. The van der Waals surface area contributed by atoms with Crippen LogP contribution in [0.3, 0.4) is 0 Å². The Kier molecular flexibility index (Phi) is 8.09. The lowest BCUT2D eigenvalue weighted by molar-refractivity contribution is 0.0600. The highest BCUT2D eigenvalue weighted by atomic mass is 32.1. The van der Waals surface area contributed by atoms with Gasteiger partial charge in [-0.2, -0.15) is 0 Å². The van der Waals surface area contributed by atoms with Crippen molar-refractivity contribution in [1.82, 2.24) is 16.2 Å². The first-order valence-electron chi connectivity index (χ1n) is 9.83. The predicted molar refractivity (Wildman–Crippen MR) is 126 cm³/mol. The van der Waals surface area contributed by atoms with Crippen LogP contribution in [0.1, 0.15) is 36.6 Å². The van der Waals surface area contributed by atoms with Crippen molar-refractivity contribution in [2.75, 3.05) is 7.11 Å². The van der Waals surface area contributed by atoms with E-state index in [9.17, 15) is 14.4 Å². The van der Waals surface area contributed by atoms with E-state index in [-0.39, 0.29) is 16.2 Å². The Balaban J connectivity index is 1.56. The summed E-state index contributed by atoms with van der Waals surface area (Å²) >= 11 is 5.07. The standard InChI is InChI=1S/C24H21N3O5S/c1-31-23(30)18-11-7-10-17(14-18)21(28)25-24(33)27-26-22(29)19-12-5-6-13-20(19)32-15-16-8-3-2-4-9-16/h2-14H,15H2,1H3,(H,26,29)(H2,25,27,28,33). The minimum atomic E-state index is -0.564. The quantitative estimate of drug-likeness (QED) is 0.293. The van der Waals surface area contributed by atoms with E-state index in [2.05, 4.69) is 20.9 Å². The number of amides is 2. The zero-order valence-electron chi connectivity index (χ0n) is 17.7. The summed E-state index contributed by atoms with van der Waals surface area (Å²) in [5.74, 6) is -1.22. The number of carbonyl (C=O) groups excluding carboxylic acids is 3. The van der Waals surface area contributed by atoms with Crippen LogP contribution in [-0.4, -0.2) is 30.0 Å². The highest BCUT2D eigenvalue weighted by Gasteiger charge is 2.15. The molecule has 0 aliphatic rings. The monoisotopic (exact) mass is 463 g/mol. The van der Waals surface area contributed by atoms with E-state index in [0.717, 1.165) is 5.56 Å². The number of para-hydroxylation sites is 1. The first-order chi connectivity index (χ1) is 16.0. The topological polar surface area (TPSA) is 106 Å². The van der Waals surface area contributed by atoms with Crippen LogP contribution in [0, 0.1) is 0 Å². The van der Waals surface area contributed by atoms with Crippen LogP contribution in [0.2, 0.25) is 0 Å². The van der Waals surface area contributed by atoms with Crippen molar-refractivity contribution in [3.05, 3.63) is 101 Å². The van der Waals surface area contributed by atoms with Gasteiger partial charge in [0.2, 0.25) is 0 Å². The minimum Gasteiger partial charge on any atom is -0.488 e. The zero-order valence-corrected chi connectivity index (χ0v) is 18.5. The van der Waals surface area contributed by atoms with Gasteiger partial charge in [0.15, 0.2) is 5.11 Å². The second kappa shape index (κ2) is 11.4. The van der Waals surface area contributed by atoms with Gasteiger partial charge in [-0.05, 0) is 48.1 Å². The van der Waals surface area contributed by atoms with Crippen molar-refractivity contribution in [3.63, 3.8) is 0 Å². The summed E-state index contributed by atoms with van der Waals surface area (Å²) in [7, 11) is 1.25. The summed E-state index contributed by atoms with van der Waals surface area (Å²) in [4.78, 5) is 36.6. The summed E-state index contributed by atoms with van der Waals surface area (Å²) < 4.78 is 10.4. The van der Waals surface area contributed by atoms with Crippen LogP contribution in [0.15, 0.2) is 78.9 Å². The maximum Gasteiger partial charge on any atom is 0.337 e. The van der Waals surface area contributed by atoms with Crippen LogP contribution in [0.4, 0.5) is 0 Å². The number of hydrogen-bond acceptors (Lipinski definition) is 6. The number of thiocarbonyl (C=S) groups is 1. The summed E-state index contributed by atoms with van der Waals surface area (Å²) in [6, 6.07) is 22.3. The highest BCUT2D eigenvalue weighted by Crippen LogP contribution is 2.19. The molecule has 0 atom stereocenters. The molecule has 0 aliphatic carbocycles. The highest BCUT2D eigenvalue weighted by molar-refractivity contribution is 7.80. The minimum absolute atomic E-state index is 0.125. The van der Waals surface area contributed by atoms with E-state index in [1.165, 1.54) is 25.3 Å². The molecule has 168 valence electrons. The number of ether oxygens (including phenoxy) is 2.